The summed E-state index contributed by atoms with van der Waals surface area (Å²) >= 11 is 0. The number of aldehydes is 1. The van der Waals surface area contributed by atoms with Crippen molar-refractivity contribution in [3.63, 3.8) is 0 Å². The molecule has 7 nitrogen and oxygen atoms in total. The number of hydrogen-bond acceptors (Lipinski definition) is 7. The molecule has 3 heterocycles. The number of carbonyl (C=O) groups excluding carboxylic acids is 2. The first-order valence-corrected chi connectivity index (χ1v) is 13.5. The van der Waals surface area contributed by atoms with Gasteiger partial charge in [-0.05, 0) is 44.8 Å². The highest BCUT2D eigenvalue weighted by Crippen LogP contribution is 2.71. The van der Waals surface area contributed by atoms with Crippen LogP contribution in [0.15, 0.2) is 41.5 Å². The van der Waals surface area contributed by atoms with Crippen LogP contribution < -0.4 is 0 Å². The number of carbonyl (C=O) groups is 2. The molecule has 6 aliphatic rings. The average Bonchev–Trinajstić information content (AvgIpc) is 3.32. The molecule has 1 aromatic carbocycles. The molecule has 198 valence electrons. The van der Waals surface area contributed by atoms with Crippen molar-refractivity contribution >= 4 is 12.1 Å². The van der Waals surface area contributed by atoms with Crippen LogP contribution >= 0.6 is 0 Å². The van der Waals surface area contributed by atoms with Crippen LogP contribution in [0.5, 0.6) is 0 Å². The zero-order valence-electron chi connectivity index (χ0n) is 22.4. The van der Waals surface area contributed by atoms with Crippen LogP contribution in [0.25, 0.3) is 0 Å². The van der Waals surface area contributed by atoms with E-state index in [0.29, 0.717) is 0 Å². The number of allylic oxidation sites excluding steroid dienone is 1. The van der Waals surface area contributed by atoms with E-state index in [0.717, 1.165) is 35.8 Å². The van der Waals surface area contributed by atoms with Gasteiger partial charge in [0, 0.05) is 28.7 Å². The Balaban J connectivity index is 1.51. The molecule has 3 saturated heterocycles. The molecule has 7 heteroatoms. The van der Waals surface area contributed by atoms with Crippen molar-refractivity contribution in [1.29, 1.82) is 0 Å². The summed E-state index contributed by atoms with van der Waals surface area (Å²) in [7, 11) is 0. The average molecular weight is 509 g/mol. The monoisotopic (exact) mass is 508 g/mol. The van der Waals surface area contributed by atoms with Gasteiger partial charge in [0.1, 0.15) is 11.7 Å². The fourth-order valence-electron chi connectivity index (χ4n) is 8.70. The van der Waals surface area contributed by atoms with Crippen LogP contribution in [0.3, 0.4) is 0 Å². The minimum absolute atomic E-state index is 0.0246. The van der Waals surface area contributed by atoms with Crippen LogP contribution in [0, 0.1) is 16.7 Å². The first-order valence-electron chi connectivity index (χ1n) is 13.5. The van der Waals surface area contributed by atoms with E-state index in [1.165, 1.54) is 0 Å². The molecule has 0 radical (unpaired) electrons. The summed E-state index contributed by atoms with van der Waals surface area (Å²) in [6.07, 6.45) is 0.509. The lowest BCUT2D eigenvalue weighted by Gasteiger charge is -2.59. The van der Waals surface area contributed by atoms with Gasteiger partial charge in [0.05, 0.1) is 18.3 Å². The highest BCUT2D eigenvalue weighted by Gasteiger charge is 2.80. The minimum Gasteiger partial charge on any atom is -0.358 e. The molecule has 1 aromatic rings. The quantitative estimate of drug-likeness (QED) is 0.431. The van der Waals surface area contributed by atoms with E-state index in [1.807, 2.05) is 51.1 Å². The number of rotatable bonds is 2. The Hall–Kier alpha value is -1.90. The summed E-state index contributed by atoms with van der Waals surface area (Å²) in [5.41, 5.74) is -0.608. The van der Waals surface area contributed by atoms with Gasteiger partial charge in [0.15, 0.2) is 29.7 Å². The molecule has 0 N–H and O–H groups in total. The third-order valence-electron chi connectivity index (χ3n) is 10.5. The fourth-order valence-corrected chi connectivity index (χ4v) is 8.70. The first kappa shape index (κ1) is 24.2. The molecule has 37 heavy (non-hydrogen) atoms. The van der Waals surface area contributed by atoms with Gasteiger partial charge in [-0.3, -0.25) is 4.79 Å². The van der Waals surface area contributed by atoms with Crippen molar-refractivity contribution in [2.45, 2.75) is 108 Å². The van der Waals surface area contributed by atoms with E-state index in [4.69, 9.17) is 23.7 Å². The first-order chi connectivity index (χ1) is 17.4. The lowest BCUT2D eigenvalue weighted by molar-refractivity contribution is -0.184. The van der Waals surface area contributed by atoms with Crippen LogP contribution in [-0.2, 0) is 33.3 Å². The van der Waals surface area contributed by atoms with Crippen LogP contribution in [0.4, 0.5) is 0 Å². The maximum Gasteiger partial charge on any atom is 0.185 e. The van der Waals surface area contributed by atoms with Gasteiger partial charge >= 0.3 is 0 Å². The van der Waals surface area contributed by atoms with Crippen molar-refractivity contribution in [3.05, 3.63) is 47.0 Å². The topological polar surface area (TPSA) is 83.6 Å². The molecule has 3 aliphatic carbocycles. The van der Waals surface area contributed by atoms with E-state index in [-0.39, 0.29) is 30.3 Å². The fraction of sp³-hybridized carbons (Fsp3) is 0.667. The maximum absolute atomic E-state index is 13.8. The van der Waals surface area contributed by atoms with Crippen LogP contribution in [0.1, 0.15) is 72.7 Å². The van der Waals surface area contributed by atoms with E-state index >= 15 is 0 Å². The summed E-state index contributed by atoms with van der Waals surface area (Å²) in [5.74, 6) is -1.19. The third kappa shape index (κ3) is 2.85. The predicted molar refractivity (Wildman–Crippen MR) is 132 cm³/mol. The van der Waals surface area contributed by atoms with Gasteiger partial charge in [-0.15, -0.1) is 0 Å². The molecule has 0 aromatic heterocycles. The largest absolute Gasteiger partial charge is 0.358 e. The number of hydrogen-bond donors (Lipinski definition) is 0. The second kappa shape index (κ2) is 7.19. The Bertz CT molecular complexity index is 1220. The third-order valence-corrected chi connectivity index (χ3v) is 10.5. The summed E-state index contributed by atoms with van der Waals surface area (Å²) in [4.78, 5) is 26.6. The summed E-state index contributed by atoms with van der Waals surface area (Å²) in [6, 6.07) is 9.83. The Morgan fingerprint density at radius 2 is 1.68 bits per heavy atom. The van der Waals surface area contributed by atoms with E-state index in [1.54, 1.807) is 0 Å². The van der Waals surface area contributed by atoms with Crippen molar-refractivity contribution in [2.24, 2.45) is 16.7 Å². The highest BCUT2D eigenvalue weighted by atomic mass is 16.8. The zero-order chi connectivity index (χ0) is 26.2. The maximum atomic E-state index is 13.8. The predicted octanol–water partition coefficient (Wildman–Crippen LogP) is 4.44. The van der Waals surface area contributed by atoms with E-state index in [2.05, 4.69) is 20.8 Å². The molecular formula is C30H36O7. The molecular weight excluding hydrogens is 472 g/mol. The van der Waals surface area contributed by atoms with Crippen molar-refractivity contribution in [2.75, 3.05) is 0 Å². The Labute approximate surface area is 217 Å². The van der Waals surface area contributed by atoms with E-state index < -0.39 is 46.3 Å². The molecule has 3 aliphatic heterocycles. The van der Waals surface area contributed by atoms with Crippen LogP contribution in [-0.4, -0.2) is 53.5 Å². The molecule has 2 saturated carbocycles. The van der Waals surface area contributed by atoms with Gasteiger partial charge in [0.2, 0.25) is 0 Å². The van der Waals surface area contributed by atoms with Gasteiger partial charge < -0.3 is 28.5 Å². The van der Waals surface area contributed by atoms with Crippen molar-refractivity contribution < 1.29 is 33.3 Å². The molecule has 0 unspecified atom stereocenters. The Morgan fingerprint density at radius 1 is 0.946 bits per heavy atom. The summed E-state index contributed by atoms with van der Waals surface area (Å²) in [5, 5.41) is 0. The summed E-state index contributed by atoms with van der Waals surface area (Å²) in [6.45, 7) is 12.2. The second-order valence-electron chi connectivity index (χ2n) is 13.1. The molecule has 9 atom stereocenters. The minimum atomic E-state index is -1.00. The second-order valence-corrected chi connectivity index (χ2v) is 13.1. The van der Waals surface area contributed by atoms with Gasteiger partial charge in [-0.25, -0.2) is 0 Å². The smallest absolute Gasteiger partial charge is 0.185 e. The lowest BCUT2D eigenvalue weighted by atomic mass is 9.47. The molecule has 5 fully saturated rings. The molecule has 7 rings (SSSR count). The van der Waals surface area contributed by atoms with Gasteiger partial charge in [-0.2, -0.15) is 0 Å². The van der Waals surface area contributed by atoms with E-state index in [9.17, 15) is 9.59 Å². The number of fused-ring (bicyclic) bond motifs is 8. The van der Waals surface area contributed by atoms with Crippen molar-refractivity contribution in [1.82, 2.24) is 0 Å². The zero-order valence-corrected chi connectivity index (χ0v) is 22.4. The molecule has 2 bridgehead atoms. The highest BCUT2D eigenvalue weighted by molar-refractivity contribution is 5.98. The number of epoxide rings is 1. The van der Waals surface area contributed by atoms with Crippen molar-refractivity contribution in [3.8, 4) is 0 Å². The number of Topliss-reactive ketones (excluding diaryl/α,β-unsaturated/α-hetero) is 1. The molecule has 1 spiro atoms. The summed E-state index contributed by atoms with van der Waals surface area (Å²) < 4.78 is 33.5. The number of ether oxygens (including phenoxy) is 5. The Kier molecular flexibility index (Phi) is 4.69. The SMILES string of the molecule is CC1=C2[C@H]3OC(C)(C)O[C@@H]3[C@]3(C)CC[C@@H]4O[C@]4(C=O)[C@H]3[C@@H]3O[C@H](c4ccccc4)O[C@@]3(CC1=O)C2(C)C. The Morgan fingerprint density at radius 3 is 2.38 bits per heavy atom. The lowest BCUT2D eigenvalue weighted by Crippen LogP contribution is -2.70. The van der Waals surface area contributed by atoms with Gasteiger partial charge in [0.25, 0.3) is 0 Å². The number of benzene rings is 1. The number of ketones is 1. The van der Waals surface area contributed by atoms with Crippen LogP contribution in [0.2, 0.25) is 0 Å². The molecule has 0 amide bonds. The standard InChI is InChI=1S/C30H36O7/c1-16-18(32)14-30-24(33-25(37-30)17-10-8-7-9-11-17)22-28(6,13-12-19-29(22,15-31)34-19)23-21(20(16)26(30,2)3)35-27(4,5)36-23/h7-11,15,19,21-25H,12-14H2,1-6H3/t19-,21+,22-,23-,24-,25-,28+,29-,30+/m0/s1. The normalized spacial score (nSPS) is 48.8. The van der Waals surface area contributed by atoms with Gasteiger partial charge in [-0.1, -0.05) is 51.1 Å².